The molecule has 28 heavy (non-hydrogen) atoms. The number of nitrogens with one attached hydrogen (secondary N) is 1. The highest BCUT2D eigenvalue weighted by atomic mass is 16.6. The second-order valence-corrected chi connectivity index (χ2v) is 6.78. The van der Waals surface area contributed by atoms with Crippen LogP contribution in [-0.2, 0) is 28.6 Å². The number of hydrogen-bond acceptors (Lipinski definition) is 10. The fourth-order valence-electron chi connectivity index (χ4n) is 3.19. The normalized spacial score (nSPS) is 27.7. The van der Waals surface area contributed by atoms with Gasteiger partial charge >= 0.3 is 17.6 Å². The van der Waals surface area contributed by atoms with Gasteiger partial charge < -0.3 is 14.2 Å². The van der Waals surface area contributed by atoms with Crippen molar-refractivity contribution in [2.75, 3.05) is 12.1 Å². The van der Waals surface area contributed by atoms with E-state index in [-0.39, 0.29) is 24.8 Å². The van der Waals surface area contributed by atoms with Gasteiger partial charge in [0.15, 0.2) is 18.1 Å². The van der Waals surface area contributed by atoms with Crippen molar-refractivity contribution in [3.63, 3.8) is 0 Å². The van der Waals surface area contributed by atoms with E-state index in [9.17, 15) is 19.2 Å². The van der Waals surface area contributed by atoms with Crippen LogP contribution in [0.4, 0.5) is 5.82 Å². The fraction of sp³-hybridized carbons (Fsp3) is 0.588. The number of ketones is 1. The molecule has 2 N–H and O–H groups in total. The van der Waals surface area contributed by atoms with Crippen LogP contribution in [0.2, 0.25) is 0 Å². The van der Waals surface area contributed by atoms with Crippen molar-refractivity contribution in [2.24, 2.45) is 11.8 Å². The van der Waals surface area contributed by atoms with E-state index in [1.807, 2.05) is 6.92 Å². The molecule has 1 aromatic rings. The Hall–Kier alpha value is -2.79. The van der Waals surface area contributed by atoms with Crippen LogP contribution in [0, 0.1) is 11.8 Å². The third-order valence-electron chi connectivity index (χ3n) is 5.01. The maximum Gasteiger partial charge on any atom is 0.375 e. The molecule has 0 unspecified atom stereocenters. The van der Waals surface area contributed by atoms with Crippen molar-refractivity contribution in [3.8, 4) is 0 Å². The Labute approximate surface area is 159 Å². The smallest absolute Gasteiger partial charge is 0.375 e. The predicted molar refractivity (Wildman–Crippen MR) is 91.2 cm³/mol. The number of carbonyl (C=O) groups is 3. The zero-order valence-electron chi connectivity index (χ0n) is 15.4. The molecular formula is C17H21N3O8. The zero-order valence-corrected chi connectivity index (χ0v) is 15.4. The molecule has 0 saturated carbocycles. The molecule has 2 saturated heterocycles. The van der Waals surface area contributed by atoms with Gasteiger partial charge in [-0.05, 0) is 12.5 Å². The first-order chi connectivity index (χ1) is 13.3. The molecule has 3 heterocycles. The van der Waals surface area contributed by atoms with E-state index in [1.54, 1.807) is 12.4 Å². The lowest BCUT2D eigenvalue weighted by atomic mass is 9.90. The number of nitrogens with zero attached hydrogens (tertiary/aromatic N) is 2. The lowest BCUT2D eigenvalue weighted by Crippen LogP contribution is -2.43. The summed E-state index contributed by atoms with van der Waals surface area (Å²) in [4.78, 5) is 51.4. The van der Waals surface area contributed by atoms with Gasteiger partial charge in [-0.1, -0.05) is 13.8 Å². The lowest BCUT2D eigenvalue weighted by molar-refractivity contribution is -0.169. The largest absolute Gasteiger partial charge is 0.463 e. The Bertz CT molecular complexity index is 838. The van der Waals surface area contributed by atoms with Gasteiger partial charge in [-0.15, -0.1) is 0 Å². The van der Waals surface area contributed by atoms with E-state index in [2.05, 4.69) is 4.98 Å². The first-order valence-electron chi connectivity index (χ1n) is 8.90. The van der Waals surface area contributed by atoms with E-state index >= 15 is 0 Å². The average molecular weight is 395 g/mol. The summed E-state index contributed by atoms with van der Waals surface area (Å²) in [5, 5.41) is 8.85. The Morgan fingerprint density at radius 3 is 2.86 bits per heavy atom. The summed E-state index contributed by atoms with van der Waals surface area (Å²) >= 11 is 0. The van der Waals surface area contributed by atoms with E-state index in [0.29, 0.717) is 6.42 Å². The van der Waals surface area contributed by atoms with Crippen molar-refractivity contribution in [3.05, 3.63) is 22.7 Å². The molecule has 0 bridgehead atoms. The van der Waals surface area contributed by atoms with Gasteiger partial charge in [-0.2, -0.15) is 4.98 Å². The average Bonchev–Trinajstić information content (AvgIpc) is 3.02. The van der Waals surface area contributed by atoms with Crippen molar-refractivity contribution >= 4 is 23.5 Å². The van der Waals surface area contributed by atoms with Crippen molar-refractivity contribution in [1.82, 2.24) is 9.55 Å². The van der Waals surface area contributed by atoms with Gasteiger partial charge in [0, 0.05) is 18.5 Å². The molecule has 0 aliphatic carbocycles. The first-order valence-corrected chi connectivity index (χ1v) is 8.90. The minimum Gasteiger partial charge on any atom is -0.463 e. The van der Waals surface area contributed by atoms with Crippen LogP contribution in [0.15, 0.2) is 17.1 Å². The maximum absolute atomic E-state index is 12.2. The summed E-state index contributed by atoms with van der Waals surface area (Å²) in [7, 11) is 0. The van der Waals surface area contributed by atoms with Crippen molar-refractivity contribution in [1.29, 1.82) is 0 Å². The summed E-state index contributed by atoms with van der Waals surface area (Å²) in [6.45, 7) is 3.45. The Balaban J connectivity index is 1.83. The van der Waals surface area contributed by atoms with Gasteiger partial charge in [-0.3, -0.25) is 24.8 Å². The minimum atomic E-state index is -1.04. The summed E-state index contributed by atoms with van der Waals surface area (Å²) in [6.07, 6.45) is -0.895. The molecular weight excluding hydrogens is 374 g/mol. The van der Waals surface area contributed by atoms with Gasteiger partial charge in [0.25, 0.3) is 0 Å². The molecule has 11 nitrogen and oxygen atoms in total. The van der Waals surface area contributed by atoms with E-state index in [4.69, 9.17) is 19.4 Å². The van der Waals surface area contributed by atoms with Crippen LogP contribution < -0.4 is 11.2 Å². The fourth-order valence-corrected chi connectivity index (χ4v) is 3.19. The number of carbonyl (C=O) groups excluding carboxylic acids is 3. The number of hydrogen-bond donors (Lipinski definition) is 2. The summed E-state index contributed by atoms with van der Waals surface area (Å²) in [6, 6.07) is 1.33. The highest BCUT2D eigenvalue weighted by Crippen LogP contribution is 2.40. The molecule has 0 radical (unpaired) electrons. The van der Waals surface area contributed by atoms with Gasteiger partial charge in [0.2, 0.25) is 5.78 Å². The zero-order chi connectivity index (χ0) is 20.4. The molecule has 0 aromatic carbocycles. The van der Waals surface area contributed by atoms with E-state index < -0.39 is 47.8 Å². The number of ether oxygens (including phenoxy) is 3. The van der Waals surface area contributed by atoms with E-state index in [0.717, 1.165) is 4.57 Å². The Morgan fingerprint density at radius 2 is 2.21 bits per heavy atom. The summed E-state index contributed by atoms with van der Waals surface area (Å²) < 4.78 is 17.4. The Morgan fingerprint density at radius 1 is 1.46 bits per heavy atom. The minimum absolute atomic E-state index is 0.0642. The number of aromatic nitrogens is 2. The molecule has 2 aliphatic rings. The quantitative estimate of drug-likeness (QED) is 0.384. The number of esters is 2. The molecule has 1 aromatic heterocycles. The second-order valence-electron chi connectivity index (χ2n) is 6.78. The number of rotatable bonds is 6. The predicted octanol–water partition coefficient (Wildman–Crippen LogP) is 0.0319. The second kappa shape index (κ2) is 8.07. The molecule has 0 spiro atoms. The van der Waals surface area contributed by atoms with Crippen LogP contribution in [0.25, 0.3) is 0 Å². The van der Waals surface area contributed by atoms with Crippen LogP contribution in [0.3, 0.4) is 0 Å². The lowest BCUT2D eigenvalue weighted by Gasteiger charge is -2.27. The monoisotopic (exact) mass is 395 g/mol. The summed E-state index contributed by atoms with van der Waals surface area (Å²) in [5.41, 5.74) is 1.00. The molecule has 152 valence electrons. The van der Waals surface area contributed by atoms with Gasteiger partial charge in [0.1, 0.15) is 12.7 Å². The number of anilines is 1. The van der Waals surface area contributed by atoms with Crippen LogP contribution in [0.1, 0.15) is 32.9 Å². The maximum atomic E-state index is 12.2. The van der Waals surface area contributed by atoms with Crippen LogP contribution >= 0.6 is 0 Å². The topological polar surface area (TPSA) is 146 Å². The van der Waals surface area contributed by atoms with Crippen molar-refractivity contribution in [2.45, 2.75) is 45.1 Å². The highest BCUT2D eigenvalue weighted by Gasteiger charge is 2.53. The molecule has 2 fully saturated rings. The first kappa shape index (κ1) is 20.0. The van der Waals surface area contributed by atoms with Gasteiger partial charge in [0.05, 0.1) is 5.92 Å². The third-order valence-corrected chi connectivity index (χ3v) is 5.01. The Kier molecular flexibility index (Phi) is 5.75. The standard InChI is InChI=1S/C17H21N3O8/c1-3-8(2)15(22)26-7-11-9-6-10(21)16(23)28-13(9)14(27-11)20-5-4-12(19-25)18-17(20)24/h4-5,8-9,11,13-14,25H,3,6-7H2,1-2H3,(H,18,19,24)/t8-,9-,11-,13-,14-/m1/s1. The number of Topliss-reactive ketones (excluding diaryl/α,β-unsaturated/α-hetero) is 1. The van der Waals surface area contributed by atoms with E-state index in [1.165, 1.54) is 12.3 Å². The SMILES string of the molecule is CC[C@@H](C)C(=O)OC[C@H]1O[C@@H](n2ccc(NO)nc2=O)[C@@H]2OC(=O)C(=O)C[C@@H]21. The van der Waals surface area contributed by atoms with Crippen LogP contribution in [0.5, 0.6) is 0 Å². The van der Waals surface area contributed by atoms with Gasteiger partial charge in [-0.25, -0.2) is 9.59 Å². The number of fused-ring (bicyclic) bond motifs is 1. The summed E-state index contributed by atoms with van der Waals surface area (Å²) in [5.74, 6) is -3.02. The highest BCUT2D eigenvalue weighted by molar-refractivity contribution is 6.34. The van der Waals surface area contributed by atoms with Crippen molar-refractivity contribution < 1.29 is 33.8 Å². The third kappa shape index (κ3) is 3.76. The molecule has 2 aliphatic heterocycles. The van der Waals surface area contributed by atoms with Crippen LogP contribution in [-0.4, -0.2) is 51.3 Å². The molecule has 5 atom stereocenters. The molecule has 3 rings (SSSR count). The molecule has 11 heteroatoms. The molecule has 0 amide bonds.